The molecule has 1 saturated heterocycles. The van der Waals surface area contributed by atoms with Crippen LogP contribution >= 0.6 is 0 Å². The number of hydrogen-bond acceptors (Lipinski definition) is 2. The first kappa shape index (κ1) is 12.9. The van der Waals surface area contributed by atoms with E-state index in [4.69, 9.17) is 0 Å². The van der Waals surface area contributed by atoms with Crippen LogP contribution in [0.5, 0.6) is 0 Å². The highest BCUT2D eigenvalue weighted by molar-refractivity contribution is 5.68. The second-order valence-electron chi connectivity index (χ2n) is 6.04. The molecule has 3 nitrogen and oxygen atoms in total. The molecular formula is C14H25NO2. The maximum absolute atomic E-state index is 11.2. The summed E-state index contributed by atoms with van der Waals surface area (Å²) in [5.74, 6) is 0.0703. The van der Waals surface area contributed by atoms with Crippen molar-refractivity contribution in [2.24, 2.45) is 5.92 Å². The van der Waals surface area contributed by atoms with Crippen molar-refractivity contribution in [1.82, 2.24) is 4.90 Å². The van der Waals surface area contributed by atoms with Crippen LogP contribution < -0.4 is 0 Å². The van der Waals surface area contributed by atoms with Crippen LogP contribution in [0, 0.1) is 5.92 Å². The minimum Gasteiger partial charge on any atom is -0.481 e. The molecule has 1 aliphatic heterocycles. The largest absolute Gasteiger partial charge is 0.481 e. The Morgan fingerprint density at radius 1 is 1.29 bits per heavy atom. The van der Waals surface area contributed by atoms with Crippen LogP contribution in [0.3, 0.4) is 0 Å². The number of rotatable bonds is 3. The first-order chi connectivity index (χ1) is 8.12. The highest BCUT2D eigenvalue weighted by atomic mass is 16.4. The van der Waals surface area contributed by atoms with Crippen LogP contribution in [0.2, 0.25) is 0 Å². The lowest BCUT2D eigenvalue weighted by atomic mass is 9.89. The fraction of sp³-hybridized carbons (Fsp3) is 0.929. The van der Waals surface area contributed by atoms with E-state index in [0.717, 1.165) is 25.9 Å². The lowest BCUT2D eigenvalue weighted by molar-refractivity contribution is -0.140. The zero-order valence-corrected chi connectivity index (χ0v) is 11.0. The van der Waals surface area contributed by atoms with Crippen LogP contribution in [-0.4, -0.2) is 34.6 Å². The summed E-state index contributed by atoms with van der Waals surface area (Å²) >= 11 is 0. The molecule has 0 bridgehead atoms. The van der Waals surface area contributed by atoms with Gasteiger partial charge in [-0.2, -0.15) is 0 Å². The first-order valence-corrected chi connectivity index (χ1v) is 7.09. The third-order valence-electron chi connectivity index (χ3n) is 4.59. The van der Waals surface area contributed by atoms with Gasteiger partial charge in [-0.25, -0.2) is 0 Å². The molecule has 2 rings (SSSR count). The van der Waals surface area contributed by atoms with E-state index in [1.54, 1.807) is 0 Å². The van der Waals surface area contributed by atoms with Crippen LogP contribution in [0.25, 0.3) is 0 Å². The second-order valence-corrected chi connectivity index (χ2v) is 6.04. The molecule has 1 aliphatic carbocycles. The van der Waals surface area contributed by atoms with Crippen molar-refractivity contribution in [1.29, 1.82) is 0 Å². The summed E-state index contributed by atoms with van der Waals surface area (Å²) in [7, 11) is 0. The normalized spacial score (nSPS) is 35.7. The van der Waals surface area contributed by atoms with Crippen LogP contribution in [0.15, 0.2) is 0 Å². The molecule has 0 radical (unpaired) electrons. The zero-order valence-electron chi connectivity index (χ0n) is 11.0. The first-order valence-electron chi connectivity index (χ1n) is 7.09. The number of likely N-dealkylation sites (tertiary alicyclic amines) is 1. The van der Waals surface area contributed by atoms with Gasteiger partial charge < -0.3 is 5.11 Å². The molecule has 98 valence electrons. The predicted octanol–water partition coefficient (Wildman–Crippen LogP) is 2.90. The van der Waals surface area contributed by atoms with E-state index in [9.17, 15) is 9.90 Å². The molecule has 0 spiro atoms. The fourth-order valence-electron chi connectivity index (χ4n) is 3.75. The molecule has 0 aromatic rings. The third-order valence-corrected chi connectivity index (χ3v) is 4.59. The van der Waals surface area contributed by atoms with Gasteiger partial charge in [0, 0.05) is 5.54 Å². The van der Waals surface area contributed by atoms with Gasteiger partial charge in [0.2, 0.25) is 0 Å². The van der Waals surface area contributed by atoms with E-state index in [1.807, 2.05) is 0 Å². The Balaban J connectivity index is 2.10. The van der Waals surface area contributed by atoms with Crippen molar-refractivity contribution in [2.75, 3.05) is 13.1 Å². The van der Waals surface area contributed by atoms with E-state index in [1.165, 1.54) is 32.1 Å². The van der Waals surface area contributed by atoms with Crippen molar-refractivity contribution in [3.8, 4) is 0 Å². The zero-order chi connectivity index (χ0) is 12.3. The summed E-state index contributed by atoms with van der Waals surface area (Å²) in [4.78, 5) is 13.7. The van der Waals surface area contributed by atoms with Crippen molar-refractivity contribution in [2.45, 2.75) is 63.8 Å². The molecule has 2 fully saturated rings. The smallest absolute Gasteiger partial charge is 0.305 e. The van der Waals surface area contributed by atoms with Crippen molar-refractivity contribution in [3.63, 3.8) is 0 Å². The average Bonchev–Trinajstić information content (AvgIpc) is 2.53. The monoisotopic (exact) mass is 239 g/mol. The van der Waals surface area contributed by atoms with Gasteiger partial charge >= 0.3 is 5.97 Å². The van der Waals surface area contributed by atoms with Crippen molar-refractivity contribution < 1.29 is 9.90 Å². The van der Waals surface area contributed by atoms with Crippen molar-refractivity contribution >= 4 is 5.97 Å². The van der Waals surface area contributed by atoms with Gasteiger partial charge in [0.05, 0.1) is 6.42 Å². The molecule has 2 unspecified atom stereocenters. The van der Waals surface area contributed by atoms with E-state index in [-0.39, 0.29) is 5.54 Å². The Morgan fingerprint density at radius 3 is 2.41 bits per heavy atom. The number of aliphatic carboxylic acids is 1. The lowest BCUT2D eigenvalue weighted by Gasteiger charge is -2.40. The van der Waals surface area contributed by atoms with Gasteiger partial charge in [0.15, 0.2) is 0 Å². The molecule has 2 atom stereocenters. The summed E-state index contributed by atoms with van der Waals surface area (Å²) < 4.78 is 0. The minimum absolute atomic E-state index is 0.0183. The quantitative estimate of drug-likeness (QED) is 0.823. The van der Waals surface area contributed by atoms with Gasteiger partial charge in [0.25, 0.3) is 0 Å². The van der Waals surface area contributed by atoms with Crippen LogP contribution in [0.1, 0.15) is 58.3 Å². The average molecular weight is 239 g/mol. The molecule has 17 heavy (non-hydrogen) atoms. The van der Waals surface area contributed by atoms with Gasteiger partial charge in [0.1, 0.15) is 0 Å². The molecule has 1 N–H and O–H groups in total. The fourth-order valence-corrected chi connectivity index (χ4v) is 3.75. The highest BCUT2D eigenvalue weighted by Gasteiger charge is 2.43. The summed E-state index contributed by atoms with van der Waals surface area (Å²) in [6, 6.07) is 0. The standard InChI is InChI=1S/C14H25NO2/c1-12-6-7-14(10-12,11-13(16)17)15-8-4-2-3-5-9-15/h12H,2-11H2,1H3,(H,16,17). The number of hydrogen-bond donors (Lipinski definition) is 1. The van der Waals surface area contributed by atoms with E-state index >= 15 is 0 Å². The molecule has 1 saturated carbocycles. The summed E-state index contributed by atoms with van der Waals surface area (Å²) in [6.07, 6.45) is 8.83. The highest BCUT2D eigenvalue weighted by Crippen LogP contribution is 2.42. The third kappa shape index (κ3) is 3.01. The predicted molar refractivity (Wildman–Crippen MR) is 68.0 cm³/mol. The number of carboxylic acids is 1. The Hall–Kier alpha value is -0.570. The summed E-state index contributed by atoms with van der Waals surface area (Å²) in [5.41, 5.74) is -0.0183. The molecule has 2 aliphatic rings. The van der Waals surface area contributed by atoms with Crippen LogP contribution in [0.4, 0.5) is 0 Å². The topological polar surface area (TPSA) is 40.5 Å². The molecule has 3 heteroatoms. The number of carbonyl (C=O) groups is 1. The molecule has 1 heterocycles. The molecule has 0 aromatic heterocycles. The lowest BCUT2D eigenvalue weighted by Crippen LogP contribution is -2.48. The number of nitrogens with zero attached hydrogens (tertiary/aromatic N) is 1. The van der Waals surface area contributed by atoms with Crippen molar-refractivity contribution in [3.05, 3.63) is 0 Å². The Labute approximate surface area is 104 Å². The maximum atomic E-state index is 11.2. The van der Waals surface area contributed by atoms with E-state index in [0.29, 0.717) is 12.3 Å². The Morgan fingerprint density at radius 2 is 1.94 bits per heavy atom. The van der Waals surface area contributed by atoms with Crippen LogP contribution in [-0.2, 0) is 4.79 Å². The molecule has 0 amide bonds. The SMILES string of the molecule is CC1CCC(CC(=O)O)(N2CCCCCC2)C1. The maximum Gasteiger partial charge on any atom is 0.305 e. The Bertz CT molecular complexity index is 271. The van der Waals surface area contributed by atoms with Gasteiger partial charge in [-0.05, 0) is 51.1 Å². The summed E-state index contributed by atoms with van der Waals surface area (Å²) in [6.45, 7) is 4.49. The summed E-state index contributed by atoms with van der Waals surface area (Å²) in [5, 5.41) is 9.20. The van der Waals surface area contributed by atoms with E-state index in [2.05, 4.69) is 11.8 Å². The van der Waals surface area contributed by atoms with E-state index < -0.39 is 5.97 Å². The van der Waals surface area contributed by atoms with Gasteiger partial charge in [-0.15, -0.1) is 0 Å². The number of carboxylic acid groups (broad SMARTS) is 1. The molecular weight excluding hydrogens is 214 g/mol. The van der Waals surface area contributed by atoms with Gasteiger partial charge in [-0.1, -0.05) is 19.8 Å². The second kappa shape index (κ2) is 5.38. The van der Waals surface area contributed by atoms with Gasteiger partial charge in [-0.3, -0.25) is 9.69 Å². The Kier molecular flexibility index (Phi) is 4.08. The molecule has 0 aromatic carbocycles. The minimum atomic E-state index is -0.622.